The molecule has 13 heavy (non-hydrogen) atoms. The number of halogens is 1. The Labute approximate surface area is 82.4 Å². The third kappa shape index (κ3) is 1.64. The van der Waals surface area contributed by atoms with E-state index in [1.807, 2.05) is 6.07 Å². The van der Waals surface area contributed by atoms with Gasteiger partial charge in [0.15, 0.2) is 6.79 Å². The van der Waals surface area contributed by atoms with E-state index in [0.29, 0.717) is 18.4 Å². The molecule has 0 atom stereocenters. The lowest BCUT2D eigenvalue weighted by molar-refractivity contribution is -0.0163. The second-order valence-electron chi connectivity index (χ2n) is 3.03. The van der Waals surface area contributed by atoms with Crippen LogP contribution in [0.1, 0.15) is 18.1 Å². The Balaban J connectivity index is 2.47. The molecule has 1 aliphatic rings. The van der Waals surface area contributed by atoms with Crippen LogP contribution in [0.3, 0.4) is 0 Å². The monoisotopic (exact) mass is 198 g/mol. The predicted octanol–water partition coefficient (Wildman–Crippen LogP) is 2.77. The number of benzene rings is 1. The van der Waals surface area contributed by atoms with Crippen molar-refractivity contribution in [1.29, 1.82) is 0 Å². The van der Waals surface area contributed by atoms with E-state index in [0.717, 1.165) is 17.7 Å². The van der Waals surface area contributed by atoms with E-state index < -0.39 is 0 Å². The number of ether oxygens (including phenoxy) is 2. The summed E-state index contributed by atoms with van der Waals surface area (Å²) in [6.45, 7) is 3.00. The van der Waals surface area contributed by atoms with Crippen LogP contribution in [0, 0.1) is 0 Å². The molecular weight excluding hydrogens is 188 g/mol. The van der Waals surface area contributed by atoms with Gasteiger partial charge in [0.2, 0.25) is 0 Å². The van der Waals surface area contributed by atoms with Gasteiger partial charge in [0, 0.05) is 5.56 Å². The standard InChI is InChI=1S/C10H11ClO2/c1-2-7-3-8-5-12-6-13-10(8)9(11)4-7/h3-4H,2,5-6H2,1H3. The van der Waals surface area contributed by atoms with Crippen LogP contribution in [-0.2, 0) is 17.8 Å². The molecule has 70 valence electrons. The summed E-state index contributed by atoms with van der Waals surface area (Å²) in [4.78, 5) is 0. The van der Waals surface area contributed by atoms with Crippen molar-refractivity contribution in [3.8, 4) is 5.75 Å². The van der Waals surface area contributed by atoms with Gasteiger partial charge in [0.05, 0.1) is 11.6 Å². The minimum atomic E-state index is 0.304. The summed E-state index contributed by atoms with van der Waals surface area (Å²) >= 11 is 6.05. The van der Waals surface area contributed by atoms with E-state index in [1.165, 1.54) is 5.56 Å². The van der Waals surface area contributed by atoms with Crippen LogP contribution in [0.15, 0.2) is 12.1 Å². The Kier molecular flexibility index (Phi) is 2.42. The van der Waals surface area contributed by atoms with E-state index in [2.05, 4.69) is 13.0 Å². The maximum absolute atomic E-state index is 6.05. The smallest absolute Gasteiger partial charge is 0.189 e. The Morgan fingerprint density at radius 3 is 3.08 bits per heavy atom. The van der Waals surface area contributed by atoms with Crippen molar-refractivity contribution in [1.82, 2.24) is 0 Å². The van der Waals surface area contributed by atoms with Crippen molar-refractivity contribution in [3.05, 3.63) is 28.3 Å². The normalized spacial score (nSPS) is 14.9. The number of aryl methyl sites for hydroxylation is 1. The van der Waals surface area contributed by atoms with Crippen LogP contribution >= 0.6 is 11.6 Å². The second kappa shape index (κ2) is 3.56. The summed E-state index contributed by atoms with van der Waals surface area (Å²) in [7, 11) is 0. The predicted molar refractivity (Wildman–Crippen MR) is 51.1 cm³/mol. The van der Waals surface area contributed by atoms with Crippen LogP contribution in [-0.4, -0.2) is 6.79 Å². The highest BCUT2D eigenvalue weighted by molar-refractivity contribution is 6.32. The SMILES string of the molecule is CCc1cc(Cl)c2c(c1)COCO2. The molecule has 0 saturated carbocycles. The lowest BCUT2D eigenvalue weighted by Gasteiger charge is -2.19. The van der Waals surface area contributed by atoms with Crippen LogP contribution in [0.2, 0.25) is 5.02 Å². The lowest BCUT2D eigenvalue weighted by atomic mass is 10.1. The molecule has 0 saturated heterocycles. The second-order valence-corrected chi connectivity index (χ2v) is 3.44. The minimum absolute atomic E-state index is 0.304. The largest absolute Gasteiger partial charge is 0.466 e. The maximum atomic E-state index is 6.05. The summed E-state index contributed by atoms with van der Waals surface area (Å²) in [5, 5.41) is 0.692. The first-order valence-corrected chi connectivity index (χ1v) is 4.71. The molecule has 0 N–H and O–H groups in total. The lowest BCUT2D eigenvalue weighted by Crippen LogP contribution is -2.11. The minimum Gasteiger partial charge on any atom is -0.466 e. The molecule has 1 aliphatic heterocycles. The van der Waals surface area contributed by atoms with E-state index >= 15 is 0 Å². The molecule has 0 amide bonds. The van der Waals surface area contributed by atoms with Crippen molar-refractivity contribution in [2.75, 3.05) is 6.79 Å². The molecule has 0 unspecified atom stereocenters. The van der Waals surface area contributed by atoms with Gasteiger partial charge < -0.3 is 9.47 Å². The number of hydrogen-bond acceptors (Lipinski definition) is 2. The summed E-state index contributed by atoms with van der Waals surface area (Å²) in [6.07, 6.45) is 0.979. The number of rotatable bonds is 1. The molecule has 2 nitrogen and oxygen atoms in total. The fourth-order valence-corrected chi connectivity index (χ4v) is 1.75. The van der Waals surface area contributed by atoms with Crippen molar-refractivity contribution >= 4 is 11.6 Å². The number of hydrogen-bond donors (Lipinski definition) is 0. The van der Waals surface area contributed by atoms with Gasteiger partial charge in [-0.05, 0) is 24.1 Å². The third-order valence-electron chi connectivity index (χ3n) is 2.13. The molecule has 1 aromatic carbocycles. The third-order valence-corrected chi connectivity index (χ3v) is 2.41. The molecule has 0 fully saturated rings. The Hall–Kier alpha value is -0.730. The van der Waals surface area contributed by atoms with Gasteiger partial charge in [0.1, 0.15) is 5.75 Å². The highest BCUT2D eigenvalue weighted by atomic mass is 35.5. The molecule has 0 aromatic heterocycles. The fourth-order valence-electron chi connectivity index (χ4n) is 1.44. The van der Waals surface area contributed by atoms with E-state index in [-0.39, 0.29) is 0 Å². The molecule has 0 bridgehead atoms. The van der Waals surface area contributed by atoms with Gasteiger partial charge in [-0.15, -0.1) is 0 Å². The van der Waals surface area contributed by atoms with Gasteiger partial charge in [-0.2, -0.15) is 0 Å². The quantitative estimate of drug-likeness (QED) is 0.691. The van der Waals surface area contributed by atoms with Crippen LogP contribution < -0.4 is 4.74 Å². The molecule has 1 heterocycles. The molecule has 2 rings (SSSR count). The summed E-state index contributed by atoms with van der Waals surface area (Å²) < 4.78 is 10.5. The molecule has 0 radical (unpaired) electrons. The maximum Gasteiger partial charge on any atom is 0.189 e. The van der Waals surface area contributed by atoms with E-state index in [1.54, 1.807) is 0 Å². The van der Waals surface area contributed by atoms with Crippen molar-refractivity contribution in [3.63, 3.8) is 0 Å². The summed E-state index contributed by atoms with van der Waals surface area (Å²) in [5.41, 5.74) is 2.27. The first-order valence-electron chi connectivity index (χ1n) is 4.33. The molecular formula is C10H11ClO2. The first kappa shape index (κ1) is 8.85. The van der Waals surface area contributed by atoms with Gasteiger partial charge in [-0.25, -0.2) is 0 Å². The van der Waals surface area contributed by atoms with Gasteiger partial charge in [-0.1, -0.05) is 18.5 Å². The van der Waals surface area contributed by atoms with Gasteiger partial charge in [0.25, 0.3) is 0 Å². The van der Waals surface area contributed by atoms with Crippen molar-refractivity contribution in [2.24, 2.45) is 0 Å². The van der Waals surface area contributed by atoms with Crippen molar-refractivity contribution < 1.29 is 9.47 Å². The van der Waals surface area contributed by atoms with Crippen LogP contribution in [0.25, 0.3) is 0 Å². The van der Waals surface area contributed by atoms with Gasteiger partial charge >= 0.3 is 0 Å². The zero-order valence-corrected chi connectivity index (χ0v) is 8.23. The zero-order valence-electron chi connectivity index (χ0n) is 7.47. The average Bonchev–Trinajstić information content (AvgIpc) is 2.18. The summed E-state index contributed by atoms with van der Waals surface area (Å²) in [6, 6.07) is 4.03. The highest BCUT2D eigenvalue weighted by Crippen LogP contribution is 2.33. The van der Waals surface area contributed by atoms with Gasteiger partial charge in [-0.3, -0.25) is 0 Å². The molecule has 3 heteroatoms. The Morgan fingerprint density at radius 1 is 1.46 bits per heavy atom. The van der Waals surface area contributed by atoms with Crippen molar-refractivity contribution in [2.45, 2.75) is 20.0 Å². The Morgan fingerprint density at radius 2 is 2.31 bits per heavy atom. The van der Waals surface area contributed by atoms with E-state index in [9.17, 15) is 0 Å². The first-order chi connectivity index (χ1) is 6.31. The fraction of sp³-hybridized carbons (Fsp3) is 0.400. The van der Waals surface area contributed by atoms with Crippen LogP contribution in [0.4, 0.5) is 0 Å². The zero-order chi connectivity index (χ0) is 9.26. The molecule has 0 aliphatic carbocycles. The summed E-state index contributed by atoms with van der Waals surface area (Å²) in [5.74, 6) is 0.783. The van der Waals surface area contributed by atoms with Crippen LogP contribution in [0.5, 0.6) is 5.75 Å². The Bertz CT molecular complexity index is 323. The van der Waals surface area contributed by atoms with E-state index in [4.69, 9.17) is 21.1 Å². The number of fused-ring (bicyclic) bond motifs is 1. The molecule has 0 spiro atoms. The highest BCUT2D eigenvalue weighted by Gasteiger charge is 2.14. The average molecular weight is 199 g/mol. The molecule has 1 aromatic rings. The topological polar surface area (TPSA) is 18.5 Å².